The topological polar surface area (TPSA) is 77.2 Å². The standard InChI is InChI=1S/C22H19N3O3S/c1-14-5-6-17(10-15(14)2)28-12-16-11-20(29-13-16)21(26)25-22-23-8-7-18(24-22)19-4-3-9-27-19/h3-11,13H,12H2,1-2H3,(H,23,24,25,26). The van der Waals surface area contributed by atoms with Crippen LogP contribution in [0.4, 0.5) is 5.95 Å². The summed E-state index contributed by atoms with van der Waals surface area (Å²) in [5, 5.41) is 4.64. The number of ether oxygens (including phenoxy) is 1. The number of nitrogens with zero attached hydrogens (tertiary/aromatic N) is 2. The number of hydrogen-bond donors (Lipinski definition) is 1. The van der Waals surface area contributed by atoms with E-state index in [-0.39, 0.29) is 11.9 Å². The van der Waals surface area contributed by atoms with Crippen molar-refractivity contribution in [1.29, 1.82) is 0 Å². The number of thiophene rings is 1. The molecule has 1 aromatic carbocycles. The third-order valence-corrected chi connectivity index (χ3v) is 5.39. The highest BCUT2D eigenvalue weighted by atomic mass is 32.1. The Morgan fingerprint density at radius 2 is 2.07 bits per heavy atom. The third kappa shape index (κ3) is 4.52. The largest absolute Gasteiger partial charge is 0.489 e. The van der Waals surface area contributed by atoms with Gasteiger partial charge in [-0.1, -0.05) is 6.07 Å². The zero-order chi connectivity index (χ0) is 20.2. The molecule has 0 spiro atoms. The fraction of sp³-hybridized carbons (Fsp3) is 0.136. The number of aromatic nitrogens is 2. The lowest BCUT2D eigenvalue weighted by atomic mass is 10.1. The molecule has 0 saturated carbocycles. The van der Waals surface area contributed by atoms with Crippen LogP contribution in [-0.4, -0.2) is 15.9 Å². The molecule has 146 valence electrons. The van der Waals surface area contributed by atoms with Crippen LogP contribution in [0.5, 0.6) is 5.75 Å². The highest BCUT2D eigenvalue weighted by molar-refractivity contribution is 7.12. The molecule has 4 rings (SSSR count). The van der Waals surface area contributed by atoms with E-state index in [9.17, 15) is 4.79 Å². The van der Waals surface area contributed by atoms with Crippen molar-refractivity contribution < 1.29 is 13.9 Å². The van der Waals surface area contributed by atoms with Crippen LogP contribution in [0, 0.1) is 13.8 Å². The quantitative estimate of drug-likeness (QED) is 0.474. The molecule has 0 atom stereocenters. The number of hydrogen-bond acceptors (Lipinski definition) is 6. The number of anilines is 1. The summed E-state index contributed by atoms with van der Waals surface area (Å²) < 4.78 is 11.2. The minimum atomic E-state index is -0.260. The average molecular weight is 405 g/mol. The second-order valence-electron chi connectivity index (χ2n) is 6.55. The maximum absolute atomic E-state index is 12.5. The Morgan fingerprint density at radius 1 is 1.17 bits per heavy atom. The van der Waals surface area contributed by atoms with E-state index in [0.29, 0.717) is 22.9 Å². The van der Waals surface area contributed by atoms with Gasteiger partial charge in [-0.15, -0.1) is 11.3 Å². The molecule has 0 aliphatic carbocycles. The predicted molar refractivity (Wildman–Crippen MR) is 112 cm³/mol. The van der Waals surface area contributed by atoms with Gasteiger partial charge in [0.05, 0.1) is 11.1 Å². The molecular weight excluding hydrogens is 386 g/mol. The van der Waals surface area contributed by atoms with E-state index in [1.807, 2.05) is 29.6 Å². The molecule has 0 aliphatic rings. The Kier molecular flexibility index (Phi) is 5.39. The van der Waals surface area contributed by atoms with Crippen LogP contribution in [0.2, 0.25) is 0 Å². The zero-order valence-electron chi connectivity index (χ0n) is 16.0. The number of aryl methyl sites for hydroxylation is 2. The van der Waals surface area contributed by atoms with Crippen molar-refractivity contribution in [2.45, 2.75) is 20.5 Å². The Bertz CT molecular complexity index is 1140. The van der Waals surface area contributed by atoms with E-state index in [1.165, 1.54) is 22.5 Å². The maximum Gasteiger partial charge on any atom is 0.268 e. The third-order valence-electron chi connectivity index (χ3n) is 4.42. The van der Waals surface area contributed by atoms with Gasteiger partial charge in [-0.25, -0.2) is 9.97 Å². The molecule has 7 heteroatoms. The van der Waals surface area contributed by atoms with Crippen LogP contribution >= 0.6 is 11.3 Å². The minimum Gasteiger partial charge on any atom is -0.489 e. The van der Waals surface area contributed by atoms with Gasteiger partial charge in [-0.2, -0.15) is 0 Å². The van der Waals surface area contributed by atoms with E-state index in [1.54, 1.807) is 30.7 Å². The summed E-state index contributed by atoms with van der Waals surface area (Å²) >= 11 is 1.35. The zero-order valence-corrected chi connectivity index (χ0v) is 16.8. The molecule has 1 amide bonds. The van der Waals surface area contributed by atoms with Crippen molar-refractivity contribution in [3.63, 3.8) is 0 Å². The molecule has 6 nitrogen and oxygen atoms in total. The van der Waals surface area contributed by atoms with Gasteiger partial charge >= 0.3 is 0 Å². The summed E-state index contributed by atoms with van der Waals surface area (Å²) in [5.74, 6) is 1.40. The maximum atomic E-state index is 12.5. The van der Waals surface area contributed by atoms with Crippen LogP contribution in [-0.2, 0) is 6.61 Å². The molecule has 3 heterocycles. The van der Waals surface area contributed by atoms with Crippen molar-refractivity contribution >= 4 is 23.2 Å². The highest BCUT2D eigenvalue weighted by Crippen LogP contribution is 2.22. The lowest BCUT2D eigenvalue weighted by Crippen LogP contribution is -2.13. The van der Waals surface area contributed by atoms with Gasteiger partial charge in [0.2, 0.25) is 5.95 Å². The molecule has 0 fully saturated rings. The van der Waals surface area contributed by atoms with Gasteiger partial charge in [-0.3, -0.25) is 10.1 Å². The van der Waals surface area contributed by atoms with Gasteiger partial charge in [0.15, 0.2) is 5.76 Å². The van der Waals surface area contributed by atoms with Gasteiger partial charge in [0.1, 0.15) is 18.1 Å². The molecule has 0 radical (unpaired) electrons. The highest BCUT2D eigenvalue weighted by Gasteiger charge is 2.13. The Hall–Kier alpha value is -3.45. The summed E-state index contributed by atoms with van der Waals surface area (Å²) in [6.07, 6.45) is 3.15. The first-order valence-electron chi connectivity index (χ1n) is 9.04. The predicted octanol–water partition coefficient (Wildman–Crippen LogP) is 5.25. The summed E-state index contributed by atoms with van der Waals surface area (Å²) in [4.78, 5) is 21.5. The number of amides is 1. The minimum absolute atomic E-state index is 0.227. The first kappa shape index (κ1) is 18.9. The first-order valence-corrected chi connectivity index (χ1v) is 9.92. The van der Waals surface area contributed by atoms with E-state index in [0.717, 1.165) is 11.3 Å². The number of benzene rings is 1. The summed E-state index contributed by atoms with van der Waals surface area (Å²) in [5.41, 5.74) is 3.95. The second-order valence-corrected chi connectivity index (χ2v) is 7.46. The Balaban J connectivity index is 1.39. The van der Waals surface area contributed by atoms with E-state index in [2.05, 4.69) is 29.1 Å². The smallest absolute Gasteiger partial charge is 0.268 e. The number of carbonyl (C=O) groups is 1. The molecule has 1 N–H and O–H groups in total. The number of carbonyl (C=O) groups excluding carboxylic acids is 1. The van der Waals surface area contributed by atoms with Gasteiger partial charge in [0.25, 0.3) is 5.91 Å². The molecular formula is C22H19N3O3S. The normalized spacial score (nSPS) is 10.7. The van der Waals surface area contributed by atoms with Crippen LogP contribution < -0.4 is 10.1 Å². The SMILES string of the molecule is Cc1ccc(OCc2csc(C(=O)Nc3nccc(-c4ccco4)n3)c2)cc1C. The van der Waals surface area contributed by atoms with Crippen molar-refractivity contribution in [2.75, 3.05) is 5.32 Å². The van der Waals surface area contributed by atoms with E-state index < -0.39 is 0 Å². The van der Waals surface area contributed by atoms with Crippen molar-refractivity contribution in [3.05, 3.63) is 81.9 Å². The van der Waals surface area contributed by atoms with Crippen molar-refractivity contribution in [3.8, 4) is 17.2 Å². The number of furan rings is 1. The molecule has 29 heavy (non-hydrogen) atoms. The number of nitrogens with one attached hydrogen (secondary N) is 1. The lowest BCUT2D eigenvalue weighted by molar-refractivity contribution is 0.102. The first-order chi connectivity index (χ1) is 14.1. The van der Waals surface area contributed by atoms with Crippen LogP contribution in [0.1, 0.15) is 26.4 Å². The fourth-order valence-electron chi connectivity index (χ4n) is 2.68. The molecule has 3 aromatic heterocycles. The average Bonchev–Trinajstić information content (AvgIpc) is 3.41. The van der Waals surface area contributed by atoms with Crippen LogP contribution in [0.25, 0.3) is 11.5 Å². The van der Waals surface area contributed by atoms with E-state index in [4.69, 9.17) is 9.15 Å². The molecule has 0 unspecified atom stereocenters. The lowest BCUT2D eigenvalue weighted by Gasteiger charge is -2.07. The van der Waals surface area contributed by atoms with Gasteiger partial charge < -0.3 is 9.15 Å². The summed E-state index contributed by atoms with van der Waals surface area (Å²) in [6.45, 7) is 4.52. The van der Waals surface area contributed by atoms with Crippen LogP contribution in [0.15, 0.2) is 64.7 Å². The summed E-state index contributed by atoms with van der Waals surface area (Å²) in [6, 6.07) is 13.1. The fourth-order valence-corrected chi connectivity index (χ4v) is 3.48. The molecule has 0 bridgehead atoms. The van der Waals surface area contributed by atoms with E-state index >= 15 is 0 Å². The van der Waals surface area contributed by atoms with Gasteiger partial charge in [0, 0.05) is 11.8 Å². The molecule has 0 aliphatic heterocycles. The second kappa shape index (κ2) is 8.28. The van der Waals surface area contributed by atoms with Crippen molar-refractivity contribution in [2.24, 2.45) is 0 Å². The summed E-state index contributed by atoms with van der Waals surface area (Å²) in [7, 11) is 0. The molecule has 4 aromatic rings. The van der Waals surface area contributed by atoms with Gasteiger partial charge in [-0.05, 0) is 66.8 Å². The van der Waals surface area contributed by atoms with Crippen LogP contribution in [0.3, 0.4) is 0 Å². The monoisotopic (exact) mass is 405 g/mol. The number of rotatable bonds is 6. The molecule has 0 saturated heterocycles. The Morgan fingerprint density at radius 3 is 2.86 bits per heavy atom. The van der Waals surface area contributed by atoms with Crippen molar-refractivity contribution in [1.82, 2.24) is 9.97 Å². The Labute approximate surface area is 172 Å².